The minimum Gasteiger partial charge on any atom is -0.506 e. The van der Waals surface area contributed by atoms with Gasteiger partial charge in [0.15, 0.2) is 0 Å². The molecule has 0 bridgehead atoms. The lowest BCUT2D eigenvalue weighted by molar-refractivity contribution is 0.242. The van der Waals surface area contributed by atoms with Crippen molar-refractivity contribution in [2.24, 2.45) is 20.0 Å². The van der Waals surface area contributed by atoms with Crippen LogP contribution >= 0.6 is 0 Å². The third-order valence-electron chi connectivity index (χ3n) is 4.00. The minimum atomic E-state index is -0.417. The summed E-state index contributed by atoms with van der Waals surface area (Å²) in [5, 5.41) is 35.8. The van der Waals surface area contributed by atoms with Gasteiger partial charge in [0.1, 0.15) is 34.2 Å². The Kier molecular flexibility index (Phi) is 11.6. The smallest absolute Gasteiger partial charge is 0.240 e. The number of hydrogen-bond donors (Lipinski definition) is 4. The Hall–Kier alpha value is -4.52. The predicted octanol–water partition coefficient (Wildman–Crippen LogP) is 2.31. The molecule has 4 N–H and O–H groups in total. The van der Waals surface area contributed by atoms with E-state index in [9.17, 15) is 29.4 Å². The first-order chi connectivity index (χ1) is 16.0. The maximum atomic E-state index is 10.7. The van der Waals surface area contributed by atoms with E-state index < -0.39 is 11.5 Å². The van der Waals surface area contributed by atoms with Gasteiger partial charge in [-0.1, -0.05) is 12.1 Å². The van der Waals surface area contributed by atoms with Crippen LogP contribution in [0, 0.1) is 0 Å². The summed E-state index contributed by atoms with van der Waals surface area (Å²) in [7, 11) is 0. The first kappa shape index (κ1) is 26.5. The van der Waals surface area contributed by atoms with Gasteiger partial charge in [0, 0.05) is 19.6 Å². The van der Waals surface area contributed by atoms with Gasteiger partial charge in [-0.15, -0.1) is 0 Å². The van der Waals surface area contributed by atoms with Crippen LogP contribution in [0.1, 0.15) is 24.0 Å². The van der Waals surface area contributed by atoms with Crippen LogP contribution in [0.25, 0.3) is 0 Å². The van der Waals surface area contributed by atoms with E-state index in [-0.39, 0.29) is 42.4 Å². The van der Waals surface area contributed by atoms with Crippen LogP contribution in [0.4, 0.5) is 22.7 Å². The van der Waals surface area contributed by atoms with E-state index in [2.05, 4.69) is 20.0 Å². The number of aromatic hydroxyl groups is 2. The average Bonchev–Trinajstić information content (AvgIpc) is 2.81. The first-order valence-electron chi connectivity index (χ1n) is 9.21. The second-order valence-electron chi connectivity index (χ2n) is 6.03. The summed E-state index contributed by atoms with van der Waals surface area (Å²) < 4.78 is 0. The van der Waals surface area contributed by atoms with Crippen molar-refractivity contribution in [2.75, 3.05) is 13.2 Å². The molecule has 0 unspecified atom stereocenters. The number of nitrogens with zero attached hydrogens (tertiary/aromatic N) is 4. The van der Waals surface area contributed by atoms with Crippen molar-refractivity contribution in [3.63, 3.8) is 0 Å². The fourth-order valence-corrected chi connectivity index (χ4v) is 2.59. The minimum absolute atomic E-state index is 0.0512. The first-order valence-corrected chi connectivity index (χ1v) is 9.21. The zero-order valence-corrected chi connectivity index (χ0v) is 17.1. The standard InChI is InChI=1S/C17H8N4O6.C4H10O2/c22-6-18-14-10(1-3-12(26)16(14)20-8-24)5-11-2-4-13(27)17(21-9-25)15(11)19-7-23;5-3-1-2-4-6/h1-4,26-27H,5H2;5-6H,1-4H2. The molecular formula is C21H18N4O8. The molecule has 33 heavy (non-hydrogen) atoms. The molecule has 0 spiro atoms. The van der Waals surface area contributed by atoms with Gasteiger partial charge < -0.3 is 20.4 Å². The highest BCUT2D eigenvalue weighted by Gasteiger charge is 2.18. The maximum Gasteiger partial charge on any atom is 0.240 e. The van der Waals surface area contributed by atoms with Crippen LogP contribution in [0.5, 0.6) is 11.5 Å². The highest BCUT2D eigenvalue weighted by atomic mass is 16.3. The number of aliphatic hydroxyl groups excluding tert-OH is 2. The van der Waals surface area contributed by atoms with Gasteiger partial charge in [-0.05, 0) is 36.1 Å². The summed E-state index contributed by atoms with van der Waals surface area (Å²) in [4.78, 5) is 56.1. The zero-order chi connectivity index (χ0) is 24.6. The highest BCUT2D eigenvalue weighted by molar-refractivity contribution is 5.80. The van der Waals surface area contributed by atoms with Gasteiger partial charge in [-0.25, -0.2) is 19.2 Å². The largest absolute Gasteiger partial charge is 0.506 e. The second kappa shape index (κ2) is 14.5. The fourth-order valence-electron chi connectivity index (χ4n) is 2.59. The van der Waals surface area contributed by atoms with E-state index in [1.54, 1.807) is 0 Å². The predicted molar refractivity (Wildman–Crippen MR) is 114 cm³/mol. The SMILES string of the molecule is O=C=Nc1c(O)ccc(Cc2ccc(O)c(N=C=O)c2N=C=O)c1N=C=O.OCCCCO. The molecule has 12 heteroatoms. The maximum absolute atomic E-state index is 10.7. The fraction of sp³-hybridized carbons (Fsp3) is 0.238. The molecule has 0 atom stereocenters. The quantitative estimate of drug-likeness (QED) is 0.251. The summed E-state index contributed by atoms with van der Waals surface area (Å²) in [5.74, 6) is -0.835. The van der Waals surface area contributed by atoms with Gasteiger partial charge in [0.05, 0.1) is 0 Å². The Labute approximate surface area is 186 Å². The lowest BCUT2D eigenvalue weighted by Crippen LogP contribution is -1.91. The number of aliphatic hydroxyl groups is 2. The van der Waals surface area contributed by atoms with E-state index in [4.69, 9.17) is 10.2 Å². The molecule has 0 saturated carbocycles. The number of unbranched alkanes of at least 4 members (excludes halogenated alkanes) is 1. The molecule has 2 aromatic rings. The molecule has 0 saturated heterocycles. The van der Waals surface area contributed by atoms with Crippen LogP contribution in [-0.2, 0) is 25.6 Å². The lowest BCUT2D eigenvalue weighted by Gasteiger charge is -2.11. The van der Waals surface area contributed by atoms with Crippen molar-refractivity contribution >= 4 is 47.1 Å². The second-order valence-corrected chi connectivity index (χ2v) is 6.03. The number of carbonyl (C=O) groups excluding carboxylic acids is 4. The molecule has 2 aromatic carbocycles. The molecule has 0 aliphatic carbocycles. The Bertz CT molecular complexity index is 1080. The molecule has 0 fully saturated rings. The van der Waals surface area contributed by atoms with Gasteiger partial charge in [-0.2, -0.15) is 20.0 Å². The Morgan fingerprint density at radius 3 is 1.21 bits per heavy atom. The van der Waals surface area contributed by atoms with Crippen molar-refractivity contribution in [2.45, 2.75) is 19.3 Å². The van der Waals surface area contributed by atoms with Gasteiger partial charge >= 0.3 is 0 Å². The number of phenols is 2. The van der Waals surface area contributed by atoms with Crippen molar-refractivity contribution in [3.8, 4) is 11.5 Å². The Morgan fingerprint density at radius 1 is 0.576 bits per heavy atom. The topological polar surface area (TPSA) is 199 Å². The number of phenolic OH excluding ortho intramolecular Hbond substituents is 2. The Balaban J connectivity index is 0.000000801. The third kappa shape index (κ3) is 7.59. The molecular weight excluding hydrogens is 436 g/mol. The lowest BCUT2D eigenvalue weighted by atomic mass is 9.99. The molecule has 170 valence electrons. The zero-order valence-electron chi connectivity index (χ0n) is 17.1. The van der Waals surface area contributed by atoms with E-state index in [0.29, 0.717) is 11.1 Å². The third-order valence-corrected chi connectivity index (χ3v) is 4.00. The summed E-state index contributed by atoms with van der Waals surface area (Å²) in [6.07, 6.45) is 6.46. The number of hydrogen-bond acceptors (Lipinski definition) is 12. The van der Waals surface area contributed by atoms with E-state index in [0.717, 1.165) is 12.8 Å². The van der Waals surface area contributed by atoms with Gasteiger partial charge in [0.25, 0.3) is 0 Å². The normalized spacial score (nSPS) is 9.15. The van der Waals surface area contributed by atoms with Gasteiger partial charge in [-0.3, -0.25) is 0 Å². The molecule has 12 nitrogen and oxygen atoms in total. The summed E-state index contributed by atoms with van der Waals surface area (Å²) in [5.41, 5.74) is -0.309. The highest BCUT2D eigenvalue weighted by Crippen LogP contribution is 2.43. The van der Waals surface area contributed by atoms with Crippen LogP contribution < -0.4 is 0 Å². The van der Waals surface area contributed by atoms with E-state index >= 15 is 0 Å². The molecule has 2 rings (SSSR count). The van der Waals surface area contributed by atoms with Crippen molar-refractivity contribution < 1.29 is 39.6 Å². The molecule has 0 aliphatic rings. The van der Waals surface area contributed by atoms with Gasteiger partial charge in [0.2, 0.25) is 24.3 Å². The number of isocyanates is 4. The van der Waals surface area contributed by atoms with Crippen LogP contribution in [0.3, 0.4) is 0 Å². The van der Waals surface area contributed by atoms with Crippen LogP contribution in [-0.4, -0.2) is 58.0 Å². The average molecular weight is 454 g/mol. The van der Waals surface area contributed by atoms with Crippen molar-refractivity contribution in [1.29, 1.82) is 0 Å². The van der Waals surface area contributed by atoms with Crippen molar-refractivity contribution in [3.05, 3.63) is 35.4 Å². The van der Waals surface area contributed by atoms with Crippen LogP contribution in [0.15, 0.2) is 44.2 Å². The molecule has 0 aliphatic heterocycles. The number of aliphatic imine (C=N–C) groups is 4. The van der Waals surface area contributed by atoms with Crippen molar-refractivity contribution in [1.82, 2.24) is 0 Å². The van der Waals surface area contributed by atoms with E-state index in [1.165, 1.54) is 48.6 Å². The summed E-state index contributed by atoms with van der Waals surface area (Å²) >= 11 is 0. The molecule has 0 heterocycles. The van der Waals surface area contributed by atoms with E-state index in [1.807, 2.05) is 0 Å². The molecule has 0 amide bonds. The summed E-state index contributed by atoms with van der Waals surface area (Å²) in [6, 6.07) is 5.20. The molecule has 0 radical (unpaired) electrons. The van der Waals surface area contributed by atoms with Crippen LogP contribution in [0.2, 0.25) is 0 Å². The number of benzene rings is 2. The Morgan fingerprint density at radius 2 is 0.909 bits per heavy atom. The monoisotopic (exact) mass is 454 g/mol. The summed E-state index contributed by atoms with van der Waals surface area (Å²) in [6.45, 7) is 0.390. The molecule has 0 aromatic heterocycles. The number of rotatable bonds is 9.